The molecule has 0 saturated heterocycles. The Morgan fingerprint density at radius 1 is 1.25 bits per heavy atom. The minimum atomic E-state index is 0.371. The minimum Gasteiger partial charge on any atom is -0.393 e. The van der Waals surface area contributed by atoms with Gasteiger partial charge in [-0.1, -0.05) is 36.0 Å². The Kier molecular flexibility index (Phi) is 3.33. The zero-order valence-corrected chi connectivity index (χ0v) is 11.9. The van der Waals surface area contributed by atoms with Gasteiger partial charge >= 0.3 is 0 Å². The van der Waals surface area contributed by atoms with Crippen LogP contribution in [0.4, 0.5) is 0 Å². The molecule has 1 aromatic carbocycles. The summed E-state index contributed by atoms with van der Waals surface area (Å²) in [6.07, 6.45) is 3.47. The molecule has 2 aromatic heterocycles. The second-order valence-electron chi connectivity index (χ2n) is 4.20. The molecular weight excluding hydrogens is 294 g/mol. The summed E-state index contributed by atoms with van der Waals surface area (Å²) < 4.78 is 1.84. The van der Waals surface area contributed by atoms with Crippen LogP contribution in [0.3, 0.4) is 0 Å². The highest BCUT2D eigenvalue weighted by Gasteiger charge is 2.14. The van der Waals surface area contributed by atoms with Gasteiger partial charge in [-0.25, -0.2) is 15.0 Å². The maximum atomic E-state index is 5.82. The van der Waals surface area contributed by atoms with Crippen LogP contribution in [-0.2, 0) is 6.42 Å². The van der Waals surface area contributed by atoms with Crippen molar-refractivity contribution in [3.05, 3.63) is 47.5 Å². The molecular formula is C13H10ClN5S. The van der Waals surface area contributed by atoms with Gasteiger partial charge < -0.3 is 5.73 Å². The van der Waals surface area contributed by atoms with E-state index in [9.17, 15) is 0 Å². The summed E-state index contributed by atoms with van der Waals surface area (Å²) in [7, 11) is 0. The van der Waals surface area contributed by atoms with Gasteiger partial charge in [0.1, 0.15) is 5.82 Å². The maximum absolute atomic E-state index is 5.82. The third kappa shape index (κ3) is 2.35. The first-order valence-corrected chi connectivity index (χ1v) is 6.66. The maximum Gasteiger partial charge on any atom is 0.235 e. The van der Waals surface area contributed by atoms with Gasteiger partial charge in [-0.05, 0) is 12.1 Å². The van der Waals surface area contributed by atoms with Crippen molar-refractivity contribution < 1.29 is 0 Å². The van der Waals surface area contributed by atoms with E-state index in [1.807, 2.05) is 28.8 Å². The van der Waals surface area contributed by atoms with E-state index in [0.29, 0.717) is 28.2 Å². The monoisotopic (exact) mass is 303 g/mol. The fraction of sp³-hybridized carbons (Fsp3) is 0.0769. The highest BCUT2D eigenvalue weighted by Crippen LogP contribution is 2.20. The molecule has 0 radical (unpaired) electrons. The van der Waals surface area contributed by atoms with Crippen molar-refractivity contribution in [1.82, 2.24) is 19.5 Å². The van der Waals surface area contributed by atoms with Crippen molar-refractivity contribution in [2.75, 3.05) is 0 Å². The first-order valence-electron chi connectivity index (χ1n) is 5.88. The number of rotatable bonds is 3. The highest BCUT2D eigenvalue weighted by molar-refractivity contribution is 7.80. The third-order valence-corrected chi connectivity index (χ3v) is 3.11. The second-order valence-corrected chi connectivity index (χ2v) is 5.16. The van der Waals surface area contributed by atoms with E-state index in [4.69, 9.17) is 29.6 Å². The van der Waals surface area contributed by atoms with E-state index in [1.54, 1.807) is 12.4 Å². The molecule has 0 atom stereocenters. The molecule has 0 unspecified atom stereocenters. The summed E-state index contributed by atoms with van der Waals surface area (Å²) in [5, 5.41) is 0.481. The number of aromatic nitrogens is 4. The zero-order chi connectivity index (χ0) is 14.1. The van der Waals surface area contributed by atoms with E-state index in [1.165, 1.54) is 0 Å². The first kappa shape index (κ1) is 13.0. The van der Waals surface area contributed by atoms with Crippen molar-refractivity contribution in [3.8, 4) is 5.95 Å². The largest absolute Gasteiger partial charge is 0.393 e. The van der Waals surface area contributed by atoms with Gasteiger partial charge in [0, 0.05) is 0 Å². The van der Waals surface area contributed by atoms with Crippen LogP contribution in [0.5, 0.6) is 0 Å². The summed E-state index contributed by atoms with van der Waals surface area (Å²) in [6.45, 7) is 0. The van der Waals surface area contributed by atoms with Crippen molar-refractivity contribution >= 4 is 39.8 Å². The molecule has 5 nitrogen and oxygen atoms in total. The summed E-state index contributed by atoms with van der Waals surface area (Å²) in [5.74, 6) is 1.20. The molecule has 3 aromatic rings. The topological polar surface area (TPSA) is 69.6 Å². The number of nitrogens with two attached hydrogens (primary N) is 1. The summed E-state index contributed by atoms with van der Waals surface area (Å²) in [5.41, 5.74) is 7.38. The number of benzene rings is 1. The van der Waals surface area contributed by atoms with Crippen LogP contribution < -0.4 is 5.73 Å². The molecule has 0 aliphatic rings. The molecule has 0 amide bonds. The molecule has 0 aliphatic heterocycles. The predicted octanol–water partition coefficient (Wildman–Crippen LogP) is 2.30. The van der Waals surface area contributed by atoms with Crippen LogP contribution in [0.2, 0.25) is 5.02 Å². The fourth-order valence-corrected chi connectivity index (χ4v) is 2.22. The first-order chi connectivity index (χ1) is 9.65. The molecule has 0 spiro atoms. The summed E-state index contributed by atoms with van der Waals surface area (Å²) in [6, 6.07) is 7.72. The van der Waals surface area contributed by atoms with Crippen molar-refractivity contribution in [2.45, 2.75) is 6.42 Å². The molecule has 3 rings (SSSR count). The molecule has 2 N–H and O–H groups in total. The van der Waals surface area contributed by atoms with Crippen LogP contribution in [0.15, 0.2) is 36.7 Å². The number of hydrogen-bond acceptors (Lipinski definition) is 4. The Labute approximate surface area is 125 Å². The van der Waals surface area contributed by atoms with Gasteiger partial charge in [0.25, 0.3) is 0 Å². The van der Waals surface area contributed by atoms with E-state index in [2.05, 4.69) is 15.0 Å². The minimum absolute atomic E-state index is 0.371. The van der Waals surface area contributed by atoms with Crippen molar-refractivity contribution in [3.63, 3.8) is 0 Å². The number of halogens is 1. The number of thiocarbonyl (C=S) groups is 1. The van der Waals surface area contributed by atoms with Gasteiger partial charge in [0.2, 0.25) is 5.95 Å². The van der Waals surface area contributed by atoms with Crippen LogP contribution in [0.1, 0.15) is 5.82 Å². The lowest BCUT2D eigenvalue weighted by molar-refractivity contribution is 0.887. The highest BCUT2D eigenvalue weighted by atomic mass is 35.5. The molecule has 0 saturated carbocycles. The van der Waals surface area contributed by atoms with Gasteiger partial charge in [0.05, 0.1) is 39.9 Å². The molecule has 100 valence electrons. The Morgan fingerprint density at radius 3 is 2.65 bits per heavy atom. The Bertz CT molecular complexity index is 781. The van der Waals surface area contributed by atoms with Gasteiger partial charge in [-0.2, -0.15) is 0 Å². The Hall–Kier alpha value is -2.05. The third-order valence-electron chi connectivity index (χ3n) is 2.77. The average molecular weight is 304 g/mol. The quantitative estimate of drug-likeness (QED) is 0.752. The molecule has 20 heavy (non-hydrogen) atoms. The second kappa shape index (κ2) is 5.15. The van der Waals surface area contributed by atoms with Crippen LogP contribution in [0, 0.1) is 0 Å². The van der Waals surface area contributed by atoms with Gasteiger partial charge in [0.15, 0.2) is 0 Å². The average Bonchev–Trinajstić information content (AvgIpc) is 2.77. The van der Waals surface area contributed by atoms with E-state index in [-0.39, 0.29) is 0 Å². The number of nitrogens with zero attached hydrogens (tertiary/aromatic N) is 4. The molecule has 7 heteroatoms. The molecule has 2 heterocycles. The molecule has 0 aliphatic carbocycles. The SMILES string of the molecule is NC(=S)Cc1nc2ccccc2n1-c1ncc(Cl)cn1. The standard InChI is InChI=1S/C13H10ClN5S/c14-8-6-16-13(17-7-8)19-10-4-2-1-3-9(10)18-12(19)5-11(15)20/h1-4,6-7H,5H2,(H2,15,20). The Balaban J connectivity index is 2.25. The number of para-hydroxylation sites is 2. The normalized spacial score (nSPS) is 10.8. The fourth-order valence-electron chi connectivity index (χ4n) is 1.99. The van der Waals surface area contributed by atoms with E-state index < -0.39 is 0 Å². The van der Waals surface area contributed by atoms with E-state index >= 15 is 0 Å². The number of fused-ring (bicyclic) bond motifs is 1. The van der Waals surface area contributed by atoms with E-state index in [0.717, 1.165) is 11.0 Å². The lowest BCUT2D eigenvalue weighted by Crippen LogP contribution is -2.15. The smallest absolute Gasteiger partial charge is 0.235 e. The lowest BCUT2D eigenvalue weighted by atomic mass is 10.3. The van der Waals surface area contributed by atoms with Crippen LogP contribution >= 0.6 is 23.8 Å². The number of imidazole rings is 1. The van der Waals surface area contributed by atoms with Crippen molar-refractivity contribution in [1.29, 1.82) is 0 Å². The Morgan fingerprint density at radius 2 is 1.95 bits per heavy atom. The number of hydrogen-bond donors (Lipinski definition) is 1. The van der Waals surface area contributed by atoms with Gasteiger partial charge in [-0.3, -0.25) is 4.57 Å². The molecule has 0 bridgehead atoms. The summed E-state index contributed by atoms with van der Waals surface area (Å²) >= 11 is 10.8. The van der Waals surface area contributed by atoms with Gasteiger partial charge in [-0.15, -0.1) is 0 Å². The van der Waals surface area contributed by atoms with Crippen LogP contribution in [0.25, 0.3) is 17.0 Å². The van der Waals surface area contributed by atoms with Crippen molar-refractivity contribution in [2.24, 2.45) is 5.73 Å². The predicted molar refractivity (Wildman–Crippen MR) is 82.2 cm³/mol. The summed E-state index contributed by atoms with van der Waals surface area (Å²) in [4.78, 5) is 13.4. The van der Waals surface area contributed by atoms with Crippen LogP contribution in [-0.4, -0.2) is 24.5 Å². The zero-order valence-electron chi connectivity index (χ0n) is 10.3. The lowest BCUT2D eigenvalue weighted by Gasteiger charge is -2.06. The molecule has 0 fully saturated rings.